The fourth-order valence-electron chi connectivity index (χ4n) is 3.57. The van der Waals surface area contributed by atoms with Crippen LogP contribution in [-0.4, -0.2) is 40.5 Å². The van der Waals surface area contributed by atoms with Crippen LogP contribution in [0.3, 0.4) is 0 Å². The van der Waals surface area contributed by atoms with Crippen molar-refractivity contribution in [3.8, 4) is 5.75 Å². The van der Waals surface area contributed by atoms with Gasteiger partial charge in [-0.15, -0.1) is 0 Å². The molecule has 0 saturated carbocycles. The van der Waals surface area contributed by atoms with Gasteiger partial charge in [0.15, 0.2) is 0 Å². The molecule has 9 heteroatoms. The molecule has 0 aliphatic carbocycles. The van der Waals surface area contributed by atoms with Crippen LogP contribution in [0.2, 0.25) is 5.02 Å². The number of ether oxygens (including phenoxy) is 1. The van der Waals surface area contributed by atoms with Crippen LogP contribution < -0.4 is 15.4 Å². The van der Waals surface area contributed by atoms with E-state index in [9.17, 15) is 4.79 Å². The van der Waals surface area contributed by atoms with Crippen LogP contribution in [-0.2, 0) is 6.42 Å². The van der Waals surface area contributed by atoms with E-state index in [2.05, 4.69) is 30.6 Å². The Morgan fingerprint density at radius 3 is 2.53 bits per heavy atom. The molecular weight excluding hydrogens is 452 g/mol. The normalized spacial score (nSPS) is 11.5. The fraction of sp³-hybridized carbons (Fsp3) is 0.200. The summed E-state index contributed by atoms with van der Waals surface area (Å²) in [5.74, 6) is 0.997. The van der Waals surface area contributed by atoms with Crippen LogP contribution in [0.25, 0.3) is 10.9 Å². The molecule has 0 saturated heterocycles. The van der Waals surface area contributed by atoms with E-state index in [-0.39, 0.29) is 11.9 Å². The summed E-state index contributed by atoms with van der Waals surface area (Å²) in [4.78, 5) is 29.5. The van der Waals surface area contributed by atoms with Gasteiger partial charge in [0.1, 0.15) is 5.75 Å². The molecule has 0 fully saturated rings. The maximum absolute atomic E-state index is 12.8. The van der Waals surface area contributed by atoms with Crippen LogP contribution in [0.15, 0.2) is 59.7 Å². The molecule has 3 N–H and O–H groups in total. The third-order valence-corrected chi connectivity index (χ3v) is 5.41. The summed E-state index contributed by atoms with van der Waals surface area (Å²) in [5, 5.41) is 7.62. The lowest BCUT2D eigenvalue weighted by Gasteiger charge is -2.12. The average Bonchev–Trinajstić information content (AvgIpc) is 3.20. The molecule has 2 heterocycles. The quantitative estimate of drug-likeness (QED) is 0.277. The number of rotatable bonds is 6. The van der Waals surface area contributed by atoms with Gasteiger partial charge >= 0.3 is 0 Å². The minimum Gasteiger partial charge on any atom is -0.497 e. The Kier molecular flexibility index (Phi) is 7.08. The monoisotopic (exact) mass is 476 g/mol. The van der Waals surface area contributed by atoms with E-state index in [0.717, 1.165) is 27.9 Å². The second-order valence-corrected chi connectivity index (χ2v) is 8.20. The first kappa shape index (κ1) is 23.3. The largest absolute Gasteiger partial charge is 0.497 e. The van der Waals surface area contributed by atoms with Crippen molar-refractivity contribution in [2.24, 2.45) is 4.99 Å². The summed E-state index contributed by atoms with van der Waals surface area (Å²) in [5.41, 5.74) is 4.20. The highest BCUT2D eigenvalue weighted by Gasteiger charge is 2.12. The Hall–Kier alpha value is -3.91. The number of halogens is 1. The van der Waals surface area contributed by atoms with E-state index < -0.39 is 0 Å². The highest BCUT2D eigenvalue weighted by atomic mass is 35.5. The molecule has 0 bridgehead atoms. The van der Waals surface area contributed by atoms with Crippen molar-refractivity contribution in [3.63, 3.8) is 0 Å². The maximum atomic E-state index is 12.8. The van der Waals surface area contributed by atoms with Gasteiger partial charge in [0.2, 0.25) is 11.9 Å². The number of methoxy groups -OCH3 is 1. The van der Waals surface area contributed by atoms with Gasteiger partial charge < -0.3 is 9.72 Å². The number of aromatic nitrogens is 3. The topological polar surface area (TPSA) is 104 Å². The van der Waals surface area contributed by atoms with Gasteiger partial charge in [-0.1, -0.05) is 11.6 Å². The van der Waals surface area contributed by atoms with E-state index >= 15 is 0 Å². The molecule has 1 amide bonds. The Bertz CT molecular complexity index is 1330. The number of aryl methyl sites for hydroxylation is 2. The summed E-state index contributed by atoms with van der Waals surface area (Å²) < 4.78 is 5.16. The molecule has 0 spiro atoms. The predicted molar refractivity (Wildman–Crippen MR) is 135 cm³/mol. The summed E-state index contributed by atoms with van der Waals surface area (Å²) in [6.07, 6.45) is 2.60. The minimum absolute atomic E-state index is 0.267. The third-order valence-electron chi connectivity index (χ3n) is 5.18. The number of carbonyl (C=O) groups excluding carboxylic acids is 1. The standard InChI is InChI=1S/C25H25ClN6O2/c1-15-12-16(2)30-25(29-15)32-24(31-23(33)17-4-7-20(34-3)8-5-17)27-11-10-18-14-28-22-9-6-19(26)13-21(18)22/h4-9,12-14,28H,10-11H2,1-3H3,(H2,27,29,30,31,32,33). The van der Waals surface area contributed by atoms with Crippen LogP contribution >= 0.6 is 11.6 Å². The zero-order valence-electron chi connectivity index (χ0n) is 19.1. The van der Waals surface area contributed by atoms with Gasteiger partial charge in [0, 0.05) is 45.6 Å². The number of hydrogen-bond acceptors (Lipinski definition) is 5. The van der Waals surface area contributed by atoms with Gasteiger partial charge in [0.25, 0.3) is 5.91 Å². The highest BCUT2D eigenvalue weighted by Crippen LogP contribution is 2.22. The molecule has 2 aromatic heterocycles. The number of anilines is 1. The number of nitrogens with one attached hydrogen (secondary N) is 3. The maximum Gasteiger partial charge on any atom is 0.257 e. The van der Waals surface area contributed by atoms with Crippen molar-refractivity contribution < 1.29 is 9.53 Å². The molecule has 0 aliphatic heterocycles. The van der Waals surface area contributed by atoms with Crippen molar-refractivity contribution in [1.29, 1.82) is 0 Å². The van der Waals surface area contributed by atoms with Gasteiger partial charge in [0.05, 0.1) is 7.11 Å². The molecule has 4 aromatic rings. The molecule has 0 radical (unpaired) electrons. The first-order valence-corrected chi connectivity index (χ1v) is 11.1. The summed E-state index contributed by atoms with van der Waals surface area (Å²) >= 11 is 6.16. The first-order valence-electron chi connectivity index (χ1n) is 10.8. The van der Waals surface area contributed by atoms with Gasteiger partial charge in [-0.25, -0.2) is 9.97 Å². The molecule has 4 rings (SSSR count). The Morgan fingerprint density at radius 1 is 1.09 bits per heavy atom. The van der Waals surface area contributed by atoms with Gasteiger partial charge in [-0.2, -0.15) is 0 Å². The second kappa shape index (κ2) is 10.4. The molecule has 34 heavy (non-hydrogen) atoms. The van der Waals surface area contributed by atoms with E-state index in [1.165, 1.54) is 0 Å². The number of nitrogens with zero attached hydrogens (tertiary/aromatic N) is 3. The number of guanidine groups is 1. The van der Waals surface area contributed by atoms with Crippen LogP contribution in [0, 0.1) is 13.8 Å². The lowest BCUT2D eigenvalue weighted by molar-refractivity contribution is 0.0977. The molecule has 174 valence electrons. The van der Waals surface area contributed by atoms with Gasteiger partial charge in [-0.3, -0.25) is 20.4 Å². The Labute approximate surface area is 202 Å². The first-order chi connectivity index (χ1) is 16.4. The van der Waals surface area contributed by atoms with Crippen molar-refractivity contribution in [2.75, 3.05) is 19.0 Å². The second-order valence-electron chi connectivity index (χ2n) is 7.77. The van der Waals surface area contributed by atoms with Crippen LogP contribution in [0.4, 0.5) is 5.95 Å². The smallest absolute Gasteiger partial charge is 0.257 e. The van der Waals surface area contributed by atoms with E-state index in [0.29, 0.717) is 35.2 Å². The number of aliphatic imine (C=N–C) groups is 1. The average molecular weight is 477 g/mol. The number of aromatic amines is 1. The predicted octanol–water partition coefficient (Wildman–Crippen LogP) is 4.68. The highest BCUT2D eigenvalue weighted by molar-refractivity contribution is 6.31. The zero-order valence-corrected chi connectivity index (χ0v) is 19.9. The number of fused-ring (bicyclic) bond motifs is 1. The molecule has 0 unspecified atom stereocenters. The van der Waals surface area contributed by atoms with Crippen molar-refractivity contribution in [3.05, 3.63) is 82.3 Å². The van der Waals surface area contributed by atoms with Crippen LogP contribution in [0.5, 0.6) is 5.75 Å². The lowest BCUT2D eigenvalue weighted by atomic mass is 10.1. The molecule has 0 atom stereocenters. The van der Waals surface area contributed by atoms with E-state index in [1.807, 2.05) is 44.3 Å². The Balaban J connectivity index is 1.54. The molecule has 2 aromatic carbocycles. The zero-order chi connectivity index (χ0) is 24.1. The molecular formula is C25H25ClN6O2. The van der Waals surface area contributed by atoms with E-state index in [4.69, 9.17) is 16.3 Å². The van der Waals surface area contributed by atoms with Crippen molar-refractivity contribution in [2.45, 2.75) is 20.3 Å². The van der Waals surface area contributed by atoms with E-state index in [1.54, 1.807) is 31.4 Å². The van der Waals surface area contributed by atoms with Gasteiger partial charge in [-0.05, 0) is 74.4 Å². The molecule has 0 aliphatic rings. The SMILES string of the molecule is COc1ccc(C(=O)NC(=NCCc2c[nH]c3ccc(Cl)cc23)Nc2nc(C)cc(C)n2)cc1. The summed E-state index contributed by atoms with van der Waals surface area (Å²) in [7, 11) is 1.58. The number of amides is 1. The number of benzene rings is 2. The lowest BCUT2D eigenvalue weighted by Crippen LogP contribution is -2.37. The molecule has 8 nitrogen and oxygen atoms in total. The minimum atomic E-state index is -0.308. The fourth-order valence-corrected chi connectivity index (χ4v) is 3.74. The Morgan fingerprint density at radius 2 is 1.82 bits per heavy atom. The third kappa shape index (κ3) is 5.71. The number of carbonyl (C=O) groups is 1. The van der Waals surface area contributed by atoms with Crippen molar-refractivity contribution in [1.82, 2.24) is 20.3 Å². The summed E-state index contributed by atoms with van der Waals surface area (Å²) in [6.45, 7) is 4.19. The van der Waals surface area contributed by atoms with Crippen LogP contribution in [0.1, 0.15) is 27.3 Å². The van der Waals surface area contributed by atoms with Crippen molar-refractivity contribution >= 4 is 40.3 Å². The number of hydrogen-bond donors (Lipinski definition) is 3. The number of H-pyrrole nitrogens is 1. The summed E-state index contributed by atoms with van der Waals surface area (Å²) in [6, 6.07) is 14.4.